The van der Waals surface area contributed by atoms with E-state index in [9.17, 15) is 5.11 Å². The third kappa shape index (κ3) is 2.68. The average molecular weight is 283 g/mol. The van der Waals surface area contributed by atoms with E-state index >= 15 is 0 Å². The maximum absolute atomic E-state index is 9.52. The Morgan fingerprint density at radius 1 is 1.14 bits per heavy atom. The number of hydrogen-bond acceptors (Lipinski definition) is 3. The zero-order chi connectivity index (χ0) is 15.0. The van der Waals surface area contributed by atoms with Crippen molar-refractivity contribution in [2.75, 3.05) is 11.9 Å². The van der Waals surface area contributed by atoms with E-state index in [0.717, 1.165) is 17.0 Å². The lowest BCUT2D eigenvalue weighted by molar-refractivity contribution is 0.338. The zero-order valence-electron chi connectivity index (χ0n) is 12.7. The molecule has 0 bridgehead atoms. The van der Waals surface area contributed by atoms with Crippen LogP contribution in [0.4, 0.5) is 5.69 Å². The van der Waals surface area contributed by atoms with Gasteiger partial charge in [-0.2, -0.15) is 0 Å². The summed E-state index contributed by atoms with van der Waals surface area (Å²) in [6.07, 6.45) is 0. The fourth-order valence-electron chi connectivity index (χ4n) is 2.77. The van der Waals surface area contributed by atoms with Crippen LogP contribution in [0.25, 0.3) is 0 Å². The molecule has 0 amide bonds. The second kappa shape index (κ2) is 4.99. The van der Waals surface area contributed by atoms with Crippen molar-refractivity contribution in [3.05, 3.63) is 53.6 Å². The number of anilines is 1. The van der Waals surface area contributed by atoms with Crippen molar-refractivity contribution >= 4 is 5.69 Å². The summed E-state index contributed by atoms with van der Waals surface area (Å²) < 4.78 is 5.67. The third-order valence-corrected chi connectivity index (χ3v) is 3.84. The molecular formula is C18H21NO2. The number of benzene rings is 2. The predicted molar refractivity (Wildman–Crippen MR) is 85.1 cm³/mol. The Hall–Kier alpha value is -2.16. The minimum atomic E-state index is 0.0842. The Morgan fingerprint density at radius 3 is 2.67 bits per heavy atom. The molecule has 1 aliphatic heterocycles. The lowest BCUT2D eigenvalue weighted by Gasteiger charge is -2.25. The minimum absolute atomic E-state index is 0.0842. The van der Waals surface area contributed by atoms with Gasteiger partial charge < -0.3 is 15.2 Å². The van der Waals surface area contributed by atoms with E-state index in [-0.39, 0.29) is 17.2 Å². The number of phenols is 1. The summed E-state index contributed by atoms with van der Waals surface area (Å²) in [7, 11) is 0. The van der Waals surface area contributed by atoms with E-state index in [1.54, 1.807) is 12.1 Å². The highest BCUT2D eigenvalue weighted by atomic mass is 16.5. The van der Waals surface area contributed by atoms with Crippen molar-refractivity contribution in [3.63, 3.8) is 0 Å². The molecule has 1 atom stereocenters. The number of para-hydroxylation sites is 1. The van der Waals surface area contributed by atoms with E-state index < -0.39 is 0 Å². The molecule has 3 nitrogen and oxygen atoms in total. The summed E-state index contributed by atoms with van der Waals surface area (Å²) in [5.41, 5.74) is 3.61. The van der Waals surface area contributed by atoms with E-state index in [1.165, 1.54) is 5.56 Å². The van der Waals surface area contributed by atoms with Crippen molar-refractivity contribution in [2.45, 2.75) is 32.2 Å². The number of ether oxygens (including phenoxy) is 1. The van der Waals surface area contributed by atoms with Gasteiger partial charge in [0.2, 0.25) is 0 Å². The zero-order valence-corrected chi connectivity index (χ0v) is 12.7. The van der Waals surface area contributed by atoms with Gasteiger partial charge in [0, 0.05) is 17.3 Å². The van der Waals surface area contributed by atoms with Crippen molar-refractivity contribution in [1.29, 1.82) is 0 Å². The monoisotopic (exact) mass is 283 g/mol. The maximum Gasteiger partial charge on any atom is 0.128 e. The molecule has 0 fully saturated rings. The standard InChI is InChI=1S/C18H21NO2/c1-18(2,3)14-6-4-5-7-15(14)19-16-11-21-17-10-12(20)8-9-13(16)17/h4-10,16,19-20H,11H2,1-3H3. The quantitative estimate of drug-likeness (QED) is 0.866. The first kappa shape index (κ1) is 13.8. The molecule has 3 heteroatoms. The lowest BCUT2D eigenvalue weighted by atomic mass is 9.85. The smallest absolute Gasteiger partial charge is 0.128 e. The molecule has 0 saturated heterocycles. The Morgan fingerprint density at radius 2 is 1.90 bits per heavy atom. The fraction of sp³-hybridized carbons (Fsp3) is 0.333. The molecular weight excluding hydrogens is 262 g/mol. The second-order valence-electron chi connectivity index (χ2n) is 6.53. The molecule has 1 unspecified atom stereocenters. The van der Waals surface area contributed by atoms with E-state index in [1.807, 2.05) is 12.1 Å². The lowest BCUT2D eigenvalue weighted by Crippen LogP contribution is -2.18. The Labute approximate surface area is 125 Å². The Bertz CT molecular complexity index is 659. The van der Waals surface area contributed by atoms with Crippen molar-refractivity contribution < 1.29 is 9.84 Å². The first-order valence-electron chi connectivity index (χ1n) is 7.27. The van der Waals surface area contributed by atoms with Gasteiger partial charge in [0.25, 0.3) is 0 Å². The van der Waals surface area contributed by atoms with E-state index in [2.05, 4.69) is 44.3 Å². The molecule has 0 spiro atoms. The maximum atomic E-state index is 9.52. The van der Waals surface area contributed by atoms with E-state index in [0.29, 0.717) is 6.61 Å². The molecule has 21 heavy (non-hydrogen) atoms. The van der Waals surface area contributed by atoms with Gasteiger partial charge in [0.15, 0.2) is 0 Å². The molecule has 3 rings (SSSR count). The van der Waals surface area contributed by atoms with Crippen LogP contribution >= 0.6 is 0 Å². The first-order chi connectivity index (χ1) is 9.95. The third-order valence-electron chi connectivity index (χ3n) is 3.84. The highest BCUT2D eigenvalue weighted by Gasteiger charge is 2.26. The first-order valence-corrected chi connectivity index (χ1v) is 7.27. The molecule has 2 N–H and O–H groups in total. The molecule has 0 radical (unpaired) electrons. The summed E-state index contributed by atoms with van der Waals surface area (Å²) in [6.45, 7) is 7.22. The molecule has 110 valence electrons. The predicted octanol–water partition coefficient (Wildman–Crippen LogP) is 4.24. The summed E-state index contributed by atoms with van der Waals surface area (Å²) in [6, 6.07) is 13.8. The van der Waals surface area contributed by atoms with Crippen LogP contribution in [0.15, 0.2) is 42.5 Å². The summed E-state index contributed by atoms with van der Waals surface area (Å²) in [5, 5.41) is 13.1. The number of nitrogens with one attached hydrogen (secondary N) is 1. The van der Waals surface area contributed by atoms with Gasteiger partial charge in [0.05, 0.1) is 6.04 Å². The van der Waals surface area contributed by atoms with Gasteiger partial charge in [-0.15, -0.1) is 0 Å². The van der Waals surface area contributed by atoms with Crippen LogP contribution in [0.3, 0.4) is 0 Å². The normalized spacial score (nSPS) is 17.2. The minimum Gasteiger partial charge on any atom is -0.508 e. The second-order valence-corrected chi connectivity index (χ2v) is 6.53. The van der Waals surface area contributed by atoms with Gasteiger partial charge in [-0.05, 0) is 29.2 Å². The van der Waals surface area contributed by atoms with Crippen molar-refractivity contribution in [1.82, 2.24) is 0 Å². The van der Waals surface area contributed by atoms with Gasteiger partial charge in [-0.1, -0.05) is 39.0 Å². The molecule has 2 aromatic carbocycles. The van der Waals surface area contributed by atoms with Crippen LogP contribution in [-0.2, 0) is 5.41 Å². The summed E-state index contributed by atoms with van der Waals surface area (Å²) in [4.78, 5) is 0. The largest absolute Gasteiger partial charge is 0.508 e. The summed E-state index contributed by atoms with van der Waals surface area (Å²) >= 11 is 0. The molecule has 1 heterocycles. The summed E-state index contributed by atoms with van der Waals surface area (Å²) in [5.74, 6) is 1.00. The molecule has 0 aliphatic carbocycles. The van der Waals surface area contributed by atoms with Crippen LogP contribution < -0.4 is 10.1 Å². The highest BCUT2D eigenvalue weighted by Crippen LogP contribution is 2.38. The SMILES string of the molecule is CC(C)(C)c1ccccc1NC1COc2cc(O)ccc21. The molecule has 0 saturated carbocycles. The van der Waals surface area contributed by atoms with Gasteiger partial charge >= 0.3 is 0 Å². The fourth-order valence-corrected chi connectivity index (χ4v) is 2.77. The Kier molecular flexibility index (Phi) is 3.28. The number of rotatable bonds is 2. The topological polar surface area (TPSA) is 41.5 Å². The molecule has 0 aromatic heterocycles. The van der Waals surface area contributed by atoms with E-state index in [4.69, 9.17) is 4.74 Å². The van der Waals surface area contributed by atoms with Crippen LogP contribution in [0.2, 0.25) is 0 Å². The number of phenolic OH excluding ortho intramolecular Hbond substituents is 1. The highest BCUT2D eigenvalue weighted by molar-refractivity contribution is 5.57. The number of fused-ring (bicyclic) bond motifs is 1. The van der Waals surface area contributed by atoms with Crippen LogP contribution in [-0.4, -0.2) is 11.7 Å². The number of aromatic hydroxyl groups is 1. The Balaban J connectivity index is 1.90. The van der Waals surface area contributed by atoms with Crippen LogP contribution in [0, 0.1) is 0 Å². The van der Waals surface area contributed by atoms with Crippen molar-refractivity contribution in [3.8, 4) is 11.5 Å². The van der Waals surface area contributed by atoms with Gasteiger partial charge in [-0.3, -0.25) is 0 Å². The number of hydrogen-bond donors (Lipinski definition) is 2. The van der Waals surface area contributed by atoms with Gasteiger partial charge in [0.1, 0.15) is 18.1 Å². The average Bonchev–Trinajstić information content (AvgIpc) is 2.80. The molecule has 2 aromatic rings. The van der Waals surface area contributed by atoms with Crippen LogP contribution in [0.1, 0.15) is 37.9 Å². The van der Waals surface area contributed by atoms with Crippen molar-refractivity contribution in [2.24, 2.45) is 0 Å². The molecule has 1 aliphatic rings. The van der Waals surface area contributed by atoms with Gasteiger partial charge in [-0.25, -0.2) is 0 Å². The van der Waals surface area contributed by atoms with Crippen LogP contribution in [0.5, 0.6) is 11.5 Å².